The number of carbonyl (C=O) groups is 1. The van der Waals surface area contributed by atoms with Gasteiger partial charge in [-0.15, -0.1) is 0 Å². The van der Waals surface area contributed by atoms with Crippen LogP contribution in [0.5, 0.6) is 0 Å². The molecule has 0 saturated carbocycles. The van der Waals surface area contributed by atoms with Crippen molar-refractivity contribution in [1.29, 1.82) is 0 Å². The van der Waals surface area contributed by atoms with E-state index in [1.54, 1.807) is 24.3 Å². The standard InChI is InChI=1S/C16H16N4O3/c1-2-19(11-12-21)15-7-3-13(4-8-15)17-18-14-5-9-16(10-6-14)20(22)23/h3-10,12H,2,11H2,1H3. The third-order valence-corrected chi connectivity index (χ3v) is 3.23. The van der Waals surface area contributed by atoms with E-state index in [0.29, 0.717) is 17.9 Å². The van der Waals surface area contributed by atoms with Crippen molar-refractivity contribution in [2.75, 3.05) is 18.0 Å². The summed E-state index contributed by atoms with van der Waals surface area (Å²) in [6, 6.07) is 13.2. The van der Waals surface area contributed by atoms with E-state index in [9.17, 15) is 14.9 Å². The number of likely N-dealkylation sites (N-methyl/N-ethyl adjacent to an activating group) is 1. The molecule has 118 valence electrons. The molecule has 0 heterocycles. The van der Waals surface area contributed by atoms with Crippen LogP contribution in [0.1, 0.15) is 6.92 Å². The molecule has 0 fully saturated rings. The maximum atomic E-state index is 10.6. The molecule has 0 radical (unpaired) electrons. The predicted octanol–water partition coefficient (Wildman–Crippen LogP) is 4.04. The van der Waals surface area contributed by atoms with Gasteiger partial charge in [-0.3, -0.25) is 10.1 Å². The summed E-state index contributed by atoms with van der Waals surface area (Å²) in [5.41, 5.74) is 2.15. The number of benzene rings is 2. The van der Waals surface area contributed by atoms with Crippen LogP contribution < -0.4 is 4.90 Å². The van der Waals surface area contributed by atoms with E-state index in [-0.39, 0.29) is 5.69 Å². The van der Waals surface area contributed by atoms with E-state index < -0.39 is 4.92 Å². The molecule has 23 heavy (non-hydrogen) atoms. The average Bonchev–Trinajstić information content (AvgIpc) is 2.59. The summed E-state index contributed by atoms with van der Waals surface area (Å²) in [6.45, 7) is 3.06. The summed E-state index contributed by atoms with van der Waals surface area (Å²) in [6.07, 6.45) is 0.867. The van der Waals surface area contributed by atoms with Gasteiger partial charge in [-0.1, -0.05) is 0 Å². The summed E-state index contributed by atoms with van der Waals surface area (Å²) in [4.78, 5) is 22.7. The Labute approximate surface area is 133 Å². The van der Waals surface area contributed by atoms with Gasteiger partial charge in [0, 0.05) is 24.4 Å². The molecular formula is C16H16N4O3. The lowest BCUT2D eigenvalue weighted by Gasteiger charge is -2.19. The first-order valence-corrected chi connectivity index (χ1v) is 7.09. The third kappa shape index (κ3) is 4.44. The van der Waals surface area contributed by atoms with Gasteiger partial charge in [-0.25, -0.2) is 0 Å². The Morgan fingerprint density at radius 1 is 1.04 bits per heavy atom. The van der Waals surface area contributed by atoms with Crippen molar-refractivity contribution in [2.24, 2.45) is 10.2 Å². The molecule has 0 bridgehead atoms. The van der Waals surface area contributed by atoms with Crippen molar-refractivity contribution in [3.63, 3.8) is 0 Å². The van der Waals surface area contributed by atoms with Gasteiger partial charge in [0.1, 0.15) is 6.29 Å². The topological polar surface area (TPSA) is 88.2 Å². The first-order chi connectivity index (χ1) is 11.1. The molecule has 0 aliphatic heterocycles. The SMILES string of the molecule is CCN(CC=O)c1ccc(N=Nc2ccc([N+](=O)[O-])cc2)cc1. The van der Waals surface area contributed by atoms with Crippen LogP contribution in [0.15, 0.2) is 58.8 Å². The Morgan fingerprint density at radius 2 is 1.57 bits per heavy atom. The van der Waals surface area contributed by atoms with E-state index in [2.05, 4.69) is 10.2 Å². The molecule has 7 nitrogen and oxygen atoms in total. The van der Waals surface area contributed by atoms with Crippen molar-refractivity contribution in [3.05, 3.63) is 58.6 Å². The summed E-state index contributed by atoms with van der Waals surface area (Å²) < 4.78 is 0. The molecule has 0 aromatic heterocycles. The minimum absolute atomic E-state index is 0.0168. The number of rotatable bonds is 7. The lowest BCUT2D eigenvalue weighted by molar-refractivity contribution is -0.384. The highest BCUT2D eigenvalue weighted by molar-refractivity contribution is 5.62. The van der Waals surface area contributed by atoms with Crippen molar-refractivity contribution in [2.45, 2.75) is 6.92 Å². The van der Waals surface area contributed by atoms with Gasteiger partial charge in [0.15, 0.2) is 0 Å². The number of nitrogens with zero attached hydrogens (tertiary/aromatic N) is 4. The maximum Gasteiger partial charge on any atom is 0.269 e. The summed E-state index contributed by atoms with van der Waals surface area (Å²) in [5, 5.41) is 18.7. The zero-order valence-electron chi connectivity index (χ0n) is 12.6. The van der Waals surface area contributed by atoms with E-state index in [4.69, 9.17) is 0 Å². The molecule has 0 aliphatic rings. The second-order valence-electron chi connectivity index (χ2n) is 4.70. The largest absolute Gasteiger partial charge is 0.365 e. The third-order valence-electron chi connectivity index (χ3n) is 3.23. The van der Waals surface area contributed by atoms with Crippen molar-refractivity contribution in [3.8, 4) is 0 Å². The van der Waals surface area contributed by atoms with Crippen molar-refractivity contribution < 1.29 is 9.72 Å². The number of non-ortho nitro benzene ring substituents is 1. The van der Waals surface area contributed by atoms with Gasteiger partial charge in [-0.2, -0.15) is 10.2 Å². The monoisotopic (exact) mass is 312 g/mol. The van der Waals surface area contributed by atoms with Crippen LogP contribution in [0.4, 0.5) is 22.7 Å². The molecule has 2 aromatic carbocycles. The van der Waals surface area contributed by atoms with Crippen LogP contribution in [0.3, 0.4) is 0 Å². The zero-order chi connectivity index (χ0) is 16.7. The fourth-order valence-electron chi connectivity index (χ4n) is 1.99. The van der Waals surface area contributed by atoms with Crippen LogP contribution >= 0.6 is 0 Å². The normalized spacial score (nSPS) is 10.7. The maximum absolute atomic E-state index is 10.6. The summed E-state index contributed by atoms with van der Waals surface area (Å²) in [5.74, 6) is 0. The smallest absolute Gasteiger partial charge is 0.269 e. The zero-order valence-corrected chi connectivity index (χ0v) is 12.6. The number of hydrogen-bond acceptors (Lipinski definition) is 6. The number of carbonyl (C=O) groups excluding carboxylic acids is 1. The van der Waals surface area contributed by atoms with E-state index in [1.165, 1.54) is 12.1 Å². The second kappa shape index (κ2) is 7.79. The number of hydrogen-bond donors (Lipinski definition) is 0. The lowest BCUT2D eigenvalue weighted by atomic mass is 10.2. The van der Waals surface area contributed by atoms with E-state index in [1.807, 2.05) is 24.0 Å². The van der Waals surface area contributed by atoms with Gasteiger partial charge < -0.3 is 9.69 Å². The first-order valence-electron chi connectivity index (χ1n) is 7.09. The molecular weight excluding hydrogens is 296 g/mol. The van der Waals surface area contributed by atoms with E-state index >= 15 is 0 Å². The molecule has 2 aromatic rings. The van der Waals surface area contributed by atoms with Gasteiger partial charge >= 0.3 is 0 Å². The molecule has 0 N–H and O–H groups in total. The molecule has 0 unspecified atom stereocenters. The van der Waals surface area contributed by atoms with Crippen LogP contribution in [0, 0.1) is 10.1 Å². The summed E-state index contributed by atoms with van der Waals surface area (Å²) in [7, 11) is 0. The average molecular weight is 312 g/mol. The molecule has 0 atom stereocenters. The molecule has 0 aliphatic carbocycles. The molecule has 0 spiro atoms. The highest BCUT2D eigenvalue weighted by atomic mass is 16.6. The Hall–Kier alpha value is -3.09. The Kier molecular flexibility index (Phi) is 5.51. The molecule has 0 saturated heterocycles. The lowest BCUT2D eigenvalue weighted by Crippen LogP contribution is -2.24. The van der Waals surface area contributed by atoms with Crippen LogP contribution in [0.2, 0.25) is 0 Å². The van der Waals surface area contributed by atoms with Crippen LogP contribution in [0.25, 0.3) is 0 Å². The Morgan fingerprint density at radius 3 is 2.00 bits per heavy atom. The van der Waals surface area contributed by atoms with Crippen LogP contribution in [-0.2, 0) is 4.79 Å². The highest BCUT2D eigenvalue weighted by Gasteiger charge is 2.04. The first kappa shape index (κ1) is 16.3. The van der Waals surface area contributed by atoms with Gasteiger partial charge in [-0.05, 0) is 43.3 Å². The van der Waals surface area contributed by atoms with Gasteiger partial charge in [0.25, 0.3) is 5.69 Å². The fraction of sp³-hybridized carbons (Fsp3) is 0.188. The van der Waals surface area contributed by atoms with Gasteiger partial charge in [0.05, 0.1) is 22.8 Å². The van der Waals surface area contributed by atoms with Gasteiger partial charge in [0.2, 0.25) is 0 Å². The highest BCUT2D eigenvalue weighted by Crippen LogP contribution is 2.23. The van der Waals surface area contributed by atoms with Crippen molar-refractivity contribution in [1.82, 2.24) is 0 Å². The number of nitro groups is 1. The molecule has 2 rings (SSSR count). The minimum atomic E-state index is -0.460. The number of nitro benzene ring substituents is 1. The minimum Gasteiger partial charge on any atom is -0.365 e. The number of azo groups is 1. The second-order valence-corrected chi connectivity index (χ2v) is 4.70. The Balaban J connectivity index is 2.07. The van der Waals surface area contributed by atoms with Crippen LogP contribution in [-0.4, -0.2) is 24.3 Å². The number of aldehydes is 1. The number of anilines is 1. The fourth-order valence-corrected chi connectivity index (χ4v) is 1.99. The summed E-state index contributed by atoms with van der Waals surface area (Å²) >= 11 is 0. The predicted molar refractivity (Wildman–Crippen MR) is 87.7 cm³/mol. The molecule has 7 heteroatoms. The van der Waals surface area contributed by atoms with Crippen molar-refractivity contribution >= 4 is 29.0 Å². The van der Waals surface area contributed by atoms with E-state index in [0.717, 1.165) is 18.5 Å². The molecule has 0 amide bonds. The quantitative estimate of drug-likeness (QED) is 0.334. The Bertz CT molecular complexity index is 696.